The number of alkyl halides is 1. The minimum absolute atomic E-state index is 0.137. The molecule has 0 saturated carbocycles. The summed E-state index contributed by atoms with van der Waals surface area (Å²) in [5.41, 5.74) is 0.918. The van der Waals surface area contributed by atoms with Gasteiger partial charge in [-0.3, -0.25) is 9.59 Å². The van der Waals surface area contributed by atoms with E-state index in [9.17, 15) is 9.59 Å². The third-order valence-corrected chi connectivity index (χ3v) is 2.48. The van der Waals surface area contributed by atoms with Crippen LogP contribution in [0.4, 0.5) is 5.69 Å². The first-order valence-electron chi connectivity index (χ1n) is 5.77. The second-order valence-corrected chi connectivity index (χ2v) is 4.60. The lowest BCUT2D eigenvalue weighted by atomic mass is 10.1. The Morgan fingerprint density at radius 3 is 2.56 bits per heavy atom. The van der Waals surface area contributed by atoms with Crippen LogP contribution in [-0.4, -0.2) is 24.2 Å². The maximum Gasteiger partial charge on any atom is 0.253 e. The van der Waals surface area contributed by atoms with Crippen LogP contribution in [0.3, 0.4) is 0 Å². The van der Waals surface area contributed by atoms with Crippen molar-refractivity contribution < 1.29 is 9.59 Å². The van der Waals surface area contributed by atoms with Crippen molar-refractivity contribution in [1.29, 1.82) is 0 Å². The molecule has 2 N–H and O–H groups in total. The van der Waals surface area contributed by atoms with Gasteiger partial charge in [-0.15, -0.1) is 11.6 Å². The number of amides is 2. The Labute approximate surface area is 112 Å². The number of anilines is 1. The quantitative estimate of drug-likeness (QED) is 0.805. The number of carbonyl (C=O) groups is 2. The fourth-order valence-electron chi connectivity index (χ4n) is 1.37. The van der Waals surface area contributed by atoms with E-state index in [1.807, 2.05) is 13.8 Å². The summed E-state index contributed by atoms with van der Waals surface area (Å²) in [6.07, 6.45) is 0. The third kappa shape index (κ3) is 4.37. The Balaban J connectivity index is 2.81. The van der Waals surface area contributed by atoms with Crippen LogP contribution in [-0.2, 0) is 4.79 Å². The van der Waals surface area contributed by atoms with E-state index in [2.05, 4.69) is 10.6 Å². The summed E-state index contributed by atoms with van der Waals surface area (Å²) in [7, 11) is 0. The van der Waals surface area contributed by atoms with E-state index >= 15 is 0 Å². The molecule has 0 atom stereocenters. The molecule has 1 aromatic carbocycles. The maximum absolute atomic E-state index is 11.9. The van der Waals surface area contributed by atoms with Crippen molar-refractivity contribution in [2.75, 3.05) is 17.7 Å². The molecule has 0 radical (unpaired) electrons. The van der Waals surface area contributed by atoms with E-state index in [1.54, 1.807) is 24.3 Å². The maximum atomic E-state index is 11.9. The smallest absolute Gasteiger partial charge is 0.253 e. The van der Waals surface area contributed by atoms with Gasteiger partial charge in [-0.05, 0) is 18.1 Å². The van der Waals surface area contributed by atoms with E-state index in [0.717, 1.165) is 0 Å². The van der Waals surface area contributed by atoms with E-state index in [1.165, 1.54) is 0 Å². The van der Waals surface area contributed by atoms with Crippen LogP contribution in [0, 0.1) is 5.92 Å². The highest BCUT2D eigenvalue weighted by atomic mass is 35.5. The van der Waals surface area contributed by atoms with Gasteiger partial charge in [0.2, 0.25) is 5.91 Å². The molecular weight excluding hydrogens is 252 g/mol. The lowest BCUT2D eigenvalue weighted by Gasteiger charge is -2.11. The molecule has 4 nitrogen and oxygen atoms in total. The number of para-hydroxylation sites is 1. The summed E-state index contributed by atoms with van der Waals surface area (Å²) >= 11 is 5.42. The summed E-state index contributed by atoms with van der Waals surface area (Å²) in [4.78, 5) is 23.2. The predicted octanol–water partition coefficient (Wildman–Crippen LogP) is 2.25. The van der Waals surface area contributed by atoms with Crippen LogP contribution in [0.5, 0.6) is 0 Å². The van der Waals surface area contributed by atoms with Gasteiger partial charge in [-0.25, -0.2) is 0 Å². The number of halogens is 1. The van der Waals surface area contributed by atoms with Gasteiger partial charge in [0.1, 0.15) is 5.88 Å². The number of hydrogen-bond donors (Lipinski definition) is 2. The minimum Gasteiger partial charge on any atom is -0.352 e. The number of rotatable bonds is 5. The Morgan fingerprint density at radius 2 is 1.94 bits per heavy atom. The zero-order chi connectivity index (χ0) is 13.5. The number of hydrogen-bond acceptors (Lipinski definition) is 2. The first-order chi connectivity index (χ1) is 8.54. The van der Waals surface area contributed by atoms with Gasteiger partial charge in [-0.2, -0.15) is 0 Å². The average molecular weight is 269 g/mol. The largest absolute Gasteiger partial charge is 0.352 e. The third-order valence-electron chi connectivity index (χ3n) is 2.24. The molecule has 1 rings (SSSR count). The molecule has 0 aliphatic rings. The highest BCUT2D eigenvalue weighted by Gasteiger charge is 2.12. The SMILES string of the molecule is CC(C)CNC(=O)c1ccccc1NC(=O)CCl. The van der Waals surface area contributed by atoms with Crippen molar-refractivity contribution in [1.82, 2.24) is 5.32 Å². The minimum atomic E-state index is -0.333. The van der Waals surface area contributed by atoms with Gasteiger partial charge in [0.05, 0.1) is 11.3 Å². The van der Waals surface area contributed by atoms with Crippen molar-refractivity contribution >= 4 is 29.1 Å². The van der Waals surface area contributed by atoms with Crippen molar-refractivity contribution in [2.24, 2.45) is 5.92 Å². The molecule has 0 aromatic heterocycles. The molecule has 0 saturated heterocycles. The average Bonchev–Trinajstić information content (AvgIpc) is 2.36. The summed E-state index contributed by atoms with van der Waals surface area (Å²) in [5.74, 6) is -0.296. The number of carbonyl (C=O) groups excluding carboxylic acids is 2. The summed E-state index contributed by atoms with van der Waals surface area (Å²) in [6.45, 7) is 4.62. The topological polar surface area (TPSA) is 58.2 Å². The molecule has 98 valence electrons. The standard InChI is InChI=1S/C13H17ClN2O2/c1-9(2)8-15-13(18)10-5-3-4-6-11(10)16-12(17)7-14/h3-6,9H,7-8H2,1-2H3,(H,15,18)(H,16,17). The molecule has 0 aliphatic carbocycles. The van der Waals surface area contributed by atoms with Crippen molar-refractivity contribution in [3.8, 4) is 0 Å². The van der Waals surface area contributed by atoms with Crippen LogP contribution in [0.1, 0.15) is 24.2 Å². The molecule has 0 spiro atoms. The van der Waals surface area contributed by atoms with E-state index in [-0.39, 0.29) is 17.7 Å². The number of nitrogens with one attached hydrogen (secondary N) is 2. The zero-order valence-electron chi connectivity index (χ0n) is 10.5. The fourth-order valence-corrected chi connectivity index (χ4v) is 1.43. The Morgan fingerprint density at radius 1 is 1.28 bits per heavy atom. The van der Waals surface area contributed by atoms with Gasteiger partial charge in [0.15, 0.2) is 0 Å². The number of benzene rings is 1. The van der Waals surface area contributed by atoms with E-state index in [4.69, 9.17) is 11.6 Å². The highest BCUT2D eigenvalue weighted by molar-refractivity contribution is 6.29. The molecular formula is C13H17ClN2O2. The Kier molecular flexibility index (Phi) is 5.65. The van der Waals surface area contributed by atoms with Crippen molar-refractivity contribution in [2.45, 2.75) is 13.8 Å². The first-order valence-corrected chi connectivity index (χ1v) is 6.31. The van der Waals surface area contributed by atoms with Crippen LogP contribution in [0.15, 0.2) is 24.3 Å². The lowest BCUT2D eigenvalue weighted by molar-refractivity contribution is -0.113. The van der Waals surface area contributed by atoms with Gasteiger partial charge < -0.3 is 10.6 Å². The summed E-state index contributed by atoms with van der Waals surface area (Å²) in [5, 5.41) is 5.40. The summed E-state index contributed by atoms with van der Waals surface area (Å²) < 4.78 is 0. The van der Waals surface area contributed by atoms with Gasteiger partial charge in [0, 0.05) is 6.54 Å². The molecule has 0 unspecified atom stereocenters. The Bertz CT molecular complexity index is 433. The molecule has 18 heavy (non-hydrogen) atoms. The van der Waals surface area contributed by atoms with Gasteiger partial charge >= 0.3 is 0 Å². The molecule has 0 heterocycles. The molecule has 0 aliphatic heterocycles. The summed E-state index contributed by atoms with van der Waals surface area (Å²) in [6, 6.07) is 6.85. The first kappa shape index (κ1) is 14.5. The lowest BCUT2D eigenvalue weighted by Crippen LogP contribution is -2.28. The van der Waals surface area contributed by atoms with Crippen molar-refractivity contribution in [3.63, 3.8) is 0 Å². The molecule has 0 bridgehead atoms. The van der Waals surface area contributed by atoms with Gasteiger partial charge in [-0.1, -0.05) is 26.0 Å². The van der Waals surface area contributed by atoms with E-state index in [0.29, 0.717) is 23.7 Å². The van der Waals surface area contributed by atoms with Crippen molar-refractivity contribution in [3.05, 3.63) is 29.8 Å². The van der Waals surface area contributed by atoms with E-state index < -0.39 is 0 Å². The second kappa shape index (κ2) is 7.01. The normalized spacial score (nSPS) is 10.2. The monoisotopic (exact) mass is 268 g/mol. The Hall–Kier alpha value is -1.55. The molecule has 2 amide bonds. The second-order valence-electron chi connectivity index (χ2n) is 4.33. The molecule has 1 aromatic rings. The highest BCUT2D eigenvalue weighted by Crippen LogP contribution is 2.15. The molecule has 0 fully saturated rings. The van der Waals surface area contributed by atoms with Gasteiger partial charge in [0.25, 0.3) is 5.91 Å². The zero-order valence-corrected chi connectivity index (χ0v) is 11.3. The van der Waals surface area contributed by atoms with Crippen LogP contribution in [0.2, 0.25) is 0 Å². The van der Waals surface area contributed by atoms with Crippen LogP contribution >= 0.6 is 11.6 Å². The predicted molar refractivity (Wildman–Crippen MR) is 73.0 cm³/mol. The fraction of sp³-hybridized carbons (Fsp3) is 0.385. The molecule has 5 heteroatoms. The van der Waals surface area contributed by atoms with Crippen LogP contribution in [0.25, 0.3) is 0 Å². The van der Waals surface area contributed by atoms with Crippen LogP contribution < -0.4 is 10.6 Å².